The highest BCUT2D eigenvalue weighted by atomic mass is 32.1. The van der Waals surface area contributed by atoms with E-state index in [2.05, 4.69) is 68.1 Å². The van der Waals surface area contributed by atoms with Gasteiger partial charge in [0.05, 0.1) is 53.7 Å². The van der Waals surface area contributed by atoms with Crippen molar-refractivity contribution in [3.8, 4) is 0 Å². The van der Waals surface area contributed by atoms with Gasteiger partial charge < -0.3 is 14.5 Å². The Morgan fingerprint density at radius 1 is 0.697 bits per heavy atom. The molecule has 0 aliphatic carbocycles. The summed E-state index contributed by atoms with van der Waals surface area (Å²) in [5.41, 5.74) is 2.15. The van der Waals surface area contributed by atoms with Gasteiger partial charge in [-0.15, -0.1) is 0 Å². The fourth-order valence-corrected chi connectivity index (χ4v) is 6.44. The summed E-state index contributed by atoms with van der Waals surface area (Å²) in [6.07, 6.45) is 1.15. The summed E-state index contributed by atoms with van der Waals surface area (Å²) in [5, 5.41) is 2.17. The van der Waals surface area contributed by atoms with E-state index >= 15 is 0 Å². The van der Waals surface area contributed by atoms with E-state index in [1.54, 1.807) is 22.7 Å². The van der Waals surface area contributed by atoms with Crippen LogP contribution in [0.1, 0.15) is 6.42 Å². The molecule has 33 heavy (non-hydrogen) atoms. The van der Waals surface area contributed by atoms with Gasteiger partial charge in [-0.25, -0.2) is 9.97 Å². The maximum Gasteiger partial charge on any atom is 0.188 e. The second-order valence-electron chi connectivity index (χ2n) is 8.63. The molecule has 172 valence electrons. The molecule has 2 aliphatic heterocycles. The Labute approximate surface area is 201 Å². The number of ether oxygens (including phenoxy) is 1. The second-order valence-corrected chi connectivity index (χ2v) is 10.7. The Hall–Kier alpha value is -2.30. The van der Waals surface area contributed by atoms with Crippen molar-refractivity contribution in [1.29, 1.82) is 0 Å². The van der Waals surface area contributed by atoms with Crippen molar-refractivity contribution in [3.05, 3.63) is 48.5 Å². The van der Waals surface area contributed by atoms with Crippen LogP contribution in [-0.2, 0) is 4.74 Å². The van der Waals surface area contributed by atoms with E-state index in [4.69, 9.17) is 14.7 Å². The Kier molecular flexibility index (Phi) is 6.13. The van der Waals surface area contributed by atoms with Crippen molar-refractivity contribution in [2.75, 3.05) is 69.2 Å². The molecule has 2 fully saturated rings. The van der Waals surface area contributed by atoms with Crippen molar-refractivity contribution in [2.24, 2.45) is 0 Å². The maximum absolute atomic E-state index is 5.49. The predicted octanol–water partition coefficient (Wildman–Crippen LogP) is 4.13. The van der Waals surface area contributed by atoms with Crippen LogP contribution in [0.25, 0.3) is 20.4 Å². The fraction of sp³-hybridized carbons (Fsp3) is 0.417. The van der Waals surface area contributed by atoms with E-state index in [1.807, 2.05) is 0 Å². The van der Waals surface area contributed by atoms with Gasteiger partial charge in [0.15, 0.2) is 10.3 Å². The molecule has 2 saturated heterocycles. The third kappa shape index (κ3) is 4.69. The van der Waals surface area contributed by atoms with Crippen LogP contribution >= 0.6 is 22.7 Å². The quantitative estimate of drug-likeness (QED) is 0.411. The number of hydrogen-bond acceptors (Lipinski definition) is 9. The SMILES string of the molecule is c1ccc2sc(N3CN(CCCN4CCOCC4)CN(c4nc5ccccc5s4)C3)nc2c1. The molecule has 0 atom stereocenters. The zero-order valence-electron chi connectivity index (χ0n) is 18.6. The zero-order valence-corrected chi connectivity index (χ0v) is 20.2. The molecule has 0 radical (unpaired) electrons. The summed E-state index contributed by atoms with van der Waals surface area (Å²) in [4.78, 5) is 19.7. The summed E-state index contributed by atoms with van der Waals surface area (Å²) >= 11 is 3.55. The van der Waals surface area contributed by atoms with E-state index in [1.165, 1.54) is 9.40 Å². The number of rotatable bonds is 6. The van der Waals surface area contributed by atoms with E-state index in [9.17, 15) is 0 Å². The van der Waals surface area contributed by atoms with Crippen molar-refractivity contribution < 1.29 is 4.74 Å². The minimum absolute atomic E-state index is 0.805. The minimum Gasteiger partial charge on any atom is -0.379 e. The van der Waals surface area contributed by atoms with Gasteiger partial charge in [-0.2, -0.15) is 0 Å². The molecule has 0 N–H and O–H groups in total. The van der Waals surface area contributed by atoms with Gasteiger partial charge in [0.2, 0.25) is 0 Å². The Bertz CT molecular complexity index is 1070. The largest absolute Gasteiger partial charge is 0.379 e. The van der Waals surface area contributed by atoms with Crippen molar-refractivity contribution in [2.45, 2.75) is 6.42 Å². The number of aromatic nitrogens is 2. The van der Waals surface area contributed by atoms with Crippen molar-refractivity contribution in [1.82, 2.24) is 19.8 Å². The van der Waals surface area contributed by atoms with Crippen LogP contribution in [0.15, 0.2) is 48.5 Å². The highest BCUT2D eigenvalue weighted by molar-refractivity contribution is 7.22. The molecule has 9 heteroatoms. The summed E-state index contributed by atoms with van der Waals surface area (Å²) in [5.74, 6) is 0. The summed E-state index contributed by atoms with van der Waals surface area (Å²) in [7, 11) is 0. The van der Waals surface area contributed by atoms with Gasteiger partial charge in [-0.1, -0.05) is 46.9 Å². The standard InChI is InChI=1S/C24H28N6OS2/c1-3-8-21-19(6-1)25-23(32-21)29-16-28(11-5-10-27-12-14-31-15-13-27)17-30(18-29)24-26-20-7-2-4-9-22(20)33-24/h1-4,6-9H,5,10-18H2. The minimum atomic E-state index is 0.805. The lowest BCUT2D eigenvalue weighted by atomic mass is 10.3. The number of anilines is 2. The van der Waals surface area contributed by atoms with Crippen molar-refractivity contribution in [3.63, 3.8) is 0 Å². The number of para-hydroxylation sites is 2. The molecule has 4 aromatic rings. The first-order chi connectivity index (χ1) is 16.3. The lowest BCUT2D eigenvalue weighted by molar-refractivity contribution is 0.0359. The second kappa shape index (κ2) is 9.52. The summed E-state index contributed by atoms with van der Waals surface area (Å²) in [6, 6.07) is 16.8. The molecule has 2 aromatic heterocycles. The first kappa shape index (κ1) is 21.2. The number of hydrogen-bond donors (Lipinski definition) is 0. The number of fused-ring (bicyclic) bond motifs is 2. The molecule has 0 spiro atoms. The molecule has 0 unspecified atom stereocenters. The molecule has 4 heterocycles. The van der Waals surface area contributed by atoms with E-state index < -0.39 is 0 Å². The summed E-state index contributed by atoms with van der Waals surface area (Å²) < 4.78 is 7.97. The summed E-state index contributed by atoms with van der Waals surface area (Å²) in [6.45, 7) is 8.60. The molecule has 2 aromatic carbocycles. The van der Waals surface area contributed by atoms with E-state index in [0.29, 0.717) is 0 Å². The molecule has 6 rings (SSSR count). The lowest BCUT2D eigenvalue weighted by Crippen LogP contribution is -2.55. The topological polar surface area (TPSA) is 48.0 Å². The van der Waals surface area contributed by atoms with Gasteiger partial charge in [0, 0.05) is 19.6 Å². The first-order valence-corrected chi connectivity index (χ1v) is 13.2. The first-order valence-electron chi connectivity index (χ1n) is 11.6. The van der Waals surface area contributed by atoms with Crippen molar-refractivity contribution >= 4 is 53.4 Å². The van der Waals surface area contributed by atoms with Crippen LogP contribution in [0.2, 0.25) is 0 Å². The molecular weight excluding hydrogens is 452 g/mol. The average Bonchev–Trinajstić information content (AvgIpc) is 3.49. The highest BCUT2D eigenvalue weighted by Crippen LogP contribution is 2.33. The normalized spacial score (nSPS) is 18.5. The zero-order chi connectivity index (χ0) is 22.0. The van der Waals surface area contributed by atoms with E-state index in [-0.39, 0.29) is 0 Å². The smallest absolute Gasteiger partial charge is 0.188 e. The molecule has 7 nitrogen and oxygen atoms in total. The molecule has 0 amide bonds. The Morgan fingerprint density at radius 2 is 1.24 bits per heavy atom. The van der Waals surface area contributed by atoms with Crippen LogP contribution in [0.5, 0.6) is 0 Å². The van der Waals surface area contributed by atoms with Crippen LogP contribution in [-0.4, -0.2) is 79.2 Å². The van der Waals surface area contributed by atoms with Gasteiger partial charge in [-0.05, 0) is 37.2 Å². The number of morpholine rings is 1. The molecule has 2 aliphatic rings. The van der Waals surface area contributed by atoms with E-state index in [0.717, 1.165) is 87.1 Å². The van der Waals surface area contributed by atoms with Crippen LogP contribution in [0, 0.1) is 0 Å². The monoisotopic (exact) mass is 480 g/mol. The molecular formula is C24H28N6OS2. The fourth-order valence-electron chi connectivity index (χ4n) is 4.54. The van der Waals surface area contributed by atoms with Gasteiger partial charge in [0.1, 0.15) is 0 Å². The average molecular weight is 481 g/mol. The predicted molar refractivity (Wildman–Crippen MR) is 137 cm³/mol. The van der Waals surface area contributed by atoms with Crippen LogP contribution < -0.4 is 9.80 Å². The van der Waals surface area contributed by atoms with Gasteiger partial charge >= 0.3 is 0 Å². The van der Waals surface area contributed by atoms with Gasteiger partial charge in [-0.3, -0.25) is 9.80 Å². The van der Waals surface area contributed by atoms with Crippen LogP contribution in [0.3, 0.4) is 0 Å². The number of benzene rings is 2. The Morgan fingerprint density at radius 3 is 1.82 bits per heavy atom. The number of nitrogens with zero attached hydrogens (tertiary/aromatic N) is 6. The Balaban J connectivity index is 1.22. The van der Waals surface area contributed by atoms with Gasteiger partial charge in [0.25, 0.3) is 0 Å². The maximum atomic E-state index is 5.49. The third-order valence-electron chi connectivity index (χ3n) is 6.24. The molecule has 0 bridgehead atoms. The molecule has 0 saturated carbocycles. The lowest BCUT2D eigenvalue weighted by Gasteiger charge is -2.42. The number of thiazole rings is 2. The third-order valence-corrected chi connectivity index (χ3v) is 8.44. The van der Waals surface area contributed by atoms with Crippen LogP contribution in [0.4, 0.5) is 10.3 Å². The highest BCUT2D eigenvalue weighted by Gasteiger charge is 2.27.